The molecule has 0 saturated carbocycles. The molecule has 4 aromatic heterocycles. The highest BCUT2D eigenvalue weighted by Crippen LogP contribution is 2.54. The maximum Gasteiger partial charge on any atom is 0.327 e. The van der Waals surface area contributed by atoms with E-state index in [1.165, 1.54) is 6.20 Å². The Morgan fingerprint density at radius 3 is 2.81 bits per heavy atom. The molecule has 280 valence electrons. The third-order valence-corrected chi connectivity index (χ3v) is 11.4. The van der Waals surface area contributed by atoms with Crippen LogP contribution in [0, 0.1) is 12.5 Å². The summed E-state index contributed by atoms with van der Waals surface area (Å²) in [7, 11) is 0. The van der Waals surface area contributed by atoms with Gasteiger partial charge in [0.25, 0.3) is 11.5 Å². The van der Waals surface area contributed by atoms with Gasteiger partial charge in [0.1, 0.15) is 49.7 Å². The molecule has 1 fully saturated rings. The Kier molecular flexibility index (Phi) is 11.2. The van der Waals surface area contributed by atoms with Gasteiger partial charge < -0.3 is 37.1 Å². The number of halogens is 3. The van der Waals surface area contributed by atoms with E-state index in [1.807, 2.05) is 0 Å². The number of nitrogens with zero attached hydrogens (tertiary/aromatic N) is 8. The fourth-order valence-corrected chi connectivity index (χ4v) is 8.14. The molecule has 3 N–H and O–H groups in total. The third-order valence-electron chi connectivity index (χ3n) is 7.51. The Labute approximate surface area is 301 Å². The molecule has 2 bridgehead atoms. The van der Waals surface area contributed by atoms with Crippen LogP contribution < -0.4 is 10.9 Å². The van der Waals surface area contributed by atoms with Crippen LogP contribution >= 0.6 is 13.4 Å². The van der Waals surface area contributed by atoms with Crippen LogP contribution in [-0.4, -0.2) is 101 Å². The number of carbonyl (C=O) groups is 1. The lowest BCUT2D eigenvalue weighted by Crippen LogP contribution is -2.33. The van der Waals surface area contributed by atoms with Crippen molar-refractivity contribution in [1.29, 1.82) is 0 Å². The van der Waals surface area contributed by atoms with Gasteiger partial charge in [0.15, 0.2) is 29.2 Å². The quantitative estimate of drug-likeness (QED) is 0.145. The third kappa shape index (κ3) is 8.40. The number of aromatic nitrogens is 8. The average molecular weight is 809 g/mol. The largest absolute Gasteiger partial charge is 0.346 e. The minimum atomic E-state index is -4.46. The number of carbonyl (C=O) groups excluding carboxylic acids is 1. The first-order chi connectivity index (χ1) is 24.6. The molecule has 2 unspecified atom stereocenters. The second-order valence-corrected chi connectivity index (χ2v) is 17.4. The molecule has 26 heteroatoms. The van der Waals surface area contributed by atoms with Crippen molar-refractivity contribution in [2.24, 2.45) is 5.92 Å². The Bertz CT molecular complexity index is 2180. The fourth-order valence-electron chi connectivity index (χ4n) is 5.05. The van der Waals surface area contributed by atoms with E-state index in [2.05, 4.69) is 40.1 Å². The number of anilines is 1. The van der Waals surface area contributed by atoms with E-state index in [4.69, 9.17) is 57.5 Å². The summed E-state index contributed by atoms with van der Waals surface area (Å²) in [5, 5.41) is 2.47. The summed E-state index contributed by atoms with van der Waals surface area (Å²) in [5.41, 5.74) is -1.07. The number of hydrogen-bond acceptors (Lipinski definition) is 15. The second-order valence-electron chi connectivity index (χ2n) is 11.6. The van der Waals surface area contributed by atoms with Crippen molar-refractivity contribution in [3.63, 3.8) is 0 Å². The van der Waals surface area contributed by atoms with E-state index < -0.39 is 87.7 Å². The lowest BCUT2D eigenvalue weighted by atomic mass is 10.1. The lowest BCUT2D eigenvalue weighted by Gasteiger charge is -2.27. The minimum absolute atomic E-state index is 0.0140. The molecule has 0 aromatic carbocycles. The molecule has 2 aliphatic rings. The molecule has 19 nitrogen and oxygen atoms in total. The first-order valence-corrected chi connectivity index (χ1v) is 20.4. The first-order valence-electron chi connectivity index (χ1n) is 15.2. The van der Waals surface area contributed by atoms with E-state index in [0.29, 0.717) is 0 Å². The van der Waals surface area contributed by atoms with Crippen molar-refractivity contribution in [3.8, 4) is 0 Å². The minimum Gasteiger partial charge on any atom is -0.346 e. The van der Waals surface area contributed by atoms with Crippen LogP contribution in [0.15, 0.2) is 23.6 Å². The molecule has 0 radical (unpaired) electrons. The Morgan fingerprint density at radius 2 is 2.06 bits per heavy atom. The molecular formula is C26H29F3N10O9P2S2. The molecule has 6 atom stereocenters. The normalized spacial score (nSPS) is 28.5. The molecule has 1 saturated heterocycles. The first kappa shape index (κ1) is 38.4. The number of fused-ring (bicyclic) bond motifs is 6. The van der Waals surface area contributed by atoms with Crippen molar-refractivity contribution < 1.29 is 50.2 Å². The zero-order valence-corrected chi connectivity index (χ0v) is 30.4. The summed E-state index contributed by atoms with van der Waals surface area (Å²) in [6, 6.07) is 0. The SMILES string of the molecule is [C-]#[N+]CCOP1(=S)OC[C@H]2O[C@@H](n3cnc4c(=O)[nH]c(NC(=O)C(C)C)nc43)[C@H](OP(O)(=S)OCc3nc4cncnc4n3CC(F)(F)CO1)[C@@H]2F. The van der Waals surface area contributed by atoms with Gasteiger partial charge in [0.05, 0.1) is 25.7 Å². The summed E-state index contributed by atoms with van der Waals surface area (Å²) in [6.45, 7) is -2.70. The number of amides is 1. The Morgan fingerprint density at radius 1 is 1.27 bits per heavy atom. The standard InChI is InChI=1S/C26H29F3N10O9P2S2/c1-13(2)22(40)36-25-35-21-18(23(41)37-25)33-12-39(21)24-19-17(27)15(47-24)7-45-50(52,43-5-4-30-3)46-10-26(28,29)9-38-16(8-44-49(42,51)48-19)34-14-6-31-11-32-20(14)38/h6,11-13,15,17,19,24H,4-5,7-10H2,1-2H3,(H,42,51)(H2,35,36,37,40,41)/t15-,17-,19-,24-,49?,50?/m1/s1. The topological polar surface area (TPSA) is 216 Å². The number of imidazole rings is 2. The summed E-state index contributed by atoms with van der Waals surface area (Å²) in [5.74, 6) is -5.03. The van der Waals surface area contributed by atoms with E-state index in [-0.39, 0.29) is 47.3 Å². The maximum atomic E-state index is 16.4. The molecule has 52 heavy (non-hydrogen) atoms. The molecular weight excluding hydrogens is 779 g/mol. The van der Waals surface area contributed by atoms with Crippen molar-refractivity contribution >= 4 is 71.2 Å². The maximum absolute atomic E-state index is 16.4. The van der Waals surface area contributed by atoms with Gasteiger partial charge in [0.2, 0.25) is 18.4 Å². The van der Waals surface area contributed by atoms with E-state index in [1.54, 1.807) is 13.8 Å². The number of aromatic amines is 1. The van der Waals surface area contributed by atoms with Crippen molar-refractivity contribution in [1.82, 2.24) is 39.0 Å². The van der Waals surface area contributed by atoms with E-state index in [0.717, 1.165) is 21.8 Å². The fraction of sp³-hybridized carbons (Fsp3) is 0.538. The van der Waals surface area contributed by atoms with Crippen LogP contribution in [0.5, 0.6) is 0 Å². The van der Waals surface area contributed by atoms with Crippen LogP contribution in [0.2, 0.25) is 0 Å². The number of rotatable bonds is 6. The van der Waals surface area contributed by atoms with E-state index >= 15 is 13.2 Å². The molecule has 0 spiro atoms. The number of alkyl halides is 3. The monoisotopic (exact) mass is 808 g/mol. The van der Waals surface area contributed by atoms with Crippen LogP contribution in [0.25, 0.3) is 27.2 Å². The van der Waals surface area contributed by atoms with Gasteiger partial charge in [0, 0.05) is 5.92 Å². The van der Waals surface area contributed by atoms with Crippen molar-refractivity contribution in [3.05, 3.63) is 46.4 Å². The lowest BCUT2D eigenvalue weighted by molar-refractivity contribution is -0.118. The number of nitrogens with one attached hydrogen (secondary N) is 2. The summed E-state index contributed by atoms with van der Waals surface area (Å²) in [4.78, 5) is 62.4. The van der Waals surface area contributed by atoms with E-state index in [9.17, 15) is 14.5 Å². The Hall–Kier alpha value is -3.33. The summed E-state index contributed by atoms with van der Waals surface area (Å²) < 4.78 is 83.2. The van der Waals surface area contributed by atoms with Crippen molar-refractivity contribution in [2.75, 3.05) is 31.7 Å². The van der Waals surface area contributed by atoms with Gasteiger partial charge in [-0.25, -0.2) is 39.7 Å². The number of ether oxygens (including phenoxy) is 1. The zero-order valence-electron chi connectivity index (χ0n) is 27.0. The highest BCUT2D eigenvalue weighted by molar-refractivity contribution is 8.07. The highest BCUT2D eigenvalue weighted by Gasteiger charge is 2.51. The van der Waals surface area contributed by atoms with Gasteiger partial charge in [-0.1, -0.05) is 13.8 Å². The highest BCUT2D eigenvalue weighted by atomic mass is 32.5. The number of hydrogen-bond donors (Lipinski definition) is 3. The van der Waals surface area contributed by atoms with Crippen LogP contribution in [0.3, 0.4) is 0 Å². The molecule has 1 amide bonds. The predicted molar refractivity (Wildman–Crippen MR) is 180 cm³/mol. The van der Waals surface area contributed by atoms with Gasteiger partial charge in [-0.3, -0.25) is 29.0 Å². The smallest absolute Gasteiger partial charge is 0.327 e. The van der Waals surface area contributed by atoms with Gasteiger partial charge in [-0.15, -0.1) is 0 Å². The molecule has 6 heterocycles. The molecule has 2 aliphatic heterocycles. The van der Waals surface area contributed by atoms with Crippen LogP contribution in [-0.2, 0) is 68.9 Å². The van der Waals surface area contributed by atoms with Gasteiger partial charge in [-0.2, -0.15) is 4.98 Å². The van der Waals surface area contributed by atoms with Gasteiger partial charge in [-0.05, 0) is 23.6 Å². The van der Waals surface area contributed by atoms with Gasteiger partial charge >= 0.3 is 13.4 Å². The molecule has 0 aliphatic carbocycles. The predicted octanol–water partition coefficient (Wildman–Crippen LogP) is 2.75. The summed E-state index contributed by atoms with van der Waals surface area (Å²) >= 11 is 10.6. The zero-order chi connectivity index (χ0) is 37.4. The van der Waals surface area contributed by atoms with Crippen LogP contribution in [0.1, 0.15) is 25.9 Å². The average Bonchev–Trinajstić information content (AvgIpc) is 3.75. The number of H-pyrrole nitrogens is 1. The second kappa shape index (κ2) is 15.2. The summed E-state index contributed by atoms with van der Waals surface area (Å²) in [6.07, 6.45) is -3.68. The molecule has 4 aromatic rings. The van der Waals surface area contributed by atoms with Crippen LogP contribution in [0.4, 0.5) is 19.1 Å². The Balaban J connectivity index is 1.40. The van der Waals surface area contributed by atoms with Crippen molar-refractivity contribution in [2.45, 2.75) is 57.5 Å². The molecule has 6 rings (SSSR count).